The molecule has 2 rings (SSSR count). The Morgan fingerprint density at radius 1 is 1.35 bits per heavy atom. The lowest BCUT2D eigenvalue weighted by Crippen LogP contribution is -2.40. The van der Waals surface area contributed by atoms with Gasteiger partial charge in [-0.1, -0.05) is 34.1 Å². The minimum Gasteiger partial charge on any atom is -0.323 e. The summed E-state index contributed by atoms with van der Waals surface area (Å²) in [4.78, 5) is 14.5. The monoisotopic (exact) mass is 238 g/mol. The number of hydrogen-bond acceptors (Lipinski definition) is 2. The van der Waals surface area contributed by atoms with Crippen molar-refractivity contribution in [1.82, 2.24) is 10.2 Å². The molecule has 0 aromatic rings. The molecule has 1 amide bonds. The third-order valence-electron chi connectivity index (χ3n) is 4.15. The Morgan fingerprint density at radius 3 is 2.53 bits per heavy atom. The number of rotatable bonds is 5. The highest BCUT2D eigenvalue weighted by atomic mass is 16.2. The van der Waals surface area contributed by atoms with Crippen LogP contribution in [0.25, 0.3) is 0 Å². The fourth-order valence-corrected chi connectivity index (χ4v) is 3.04. The van der Waals surface area contributed by atoms with Crippen molar-refractivity contribution in [3.05, 3.63) is 0 Å². The molecule has 1 aliphatic carbocycles. The molecule has 98 valence electrons. The third-order valence-corrected chi connectivity index (χ3v) is 4.15. The zero-order chi connectivity index (χ0) is 12.6. The predicted molar refractivity (Wildman–Crippen MR) is 69.5 cm³/mol. The van der Waals surface area contributed by atoms with Crippen LogP contribution >= 0.6 is 0 Å². The molecule has 2 aliphatic rings. The van der Waals surface area contributed by atoms with Crippen LogP contribution in [0.2, 0.25) is 0 Å². The average molecular weight is 238 g/mol. The summed E-state index contributed by atoms with van der Waals surface area (Å²) in [6.07, 6.45) is 4.70. The summed E-state index contributed by atoms with van der Waals surface area (Å²) in [6.45, 7) is 8.78. The maximum atomic E-state index is 12.3. The molecule has 1 heterocycles. The Hall–Kier alpha value is -0.570. The number of carbonyl (C=O) groups is 1. The Morgan fingerprint density at radius 2 is 2.06 bits per heavy atom. The lowest BCUT2D eigenvalue weighted by molar-refractivity contribution is -0.131. The van der Waals surface area contributed by atoms with Crippen LogP contribution in [0.5, 0.6) is 0 Å². The van der Waals surface area contributed by atoms with Gasteiger partial charge < -0.3 is 4.90 Å². The van der Waals surface area contributed by atoms with Crippen molar-refractivity contribution in [2.75, 3.05) is 0 Å². The second-order valence-corrected chi connectivity index (χ2v) is 5.99. The van der Waals surface area contributed by atoms with Crippen LogP contribution in [-0.4, -0.2) is 29.1 Å². The maximum Gasteiger partial charge on any atom is 0.241 e. The van der Waals surface area contributed by atoms with E-state index in [2.05, 4.69) is 37.9 Å². The van der Waals surface area contributed by atoms with E-state index in [1.165, 1.54) is 12.8 Å². The highest BCUT2D eigenvalue weighted by Gasteiger charge is 2.50. The van der Waals surface area contributed by atoms with Crippen molar-refractivity contribution in [3.63, 3.8) is 0 Å². The van der Waals surface area contributed by atoms with Crippen LogP contribution in [0.15, 0.2) is 0 Å². The zero-order valence-corrected chi connectivity index (χ0v) is 11.6. The lowest BCUT2D eigenvalue weighted by Gasteiger charge is -2.26. The highest BCUT2D eigenvalue weighted by Crippen LogP contribution is 2.41. The smallest absolute Gasteiger partial charge is 0.241 e. The normalized spacial score (nSPS) is 37.0. The van der Waals surface area contributed by atoms with E-state index in [9.17, 15) is 4.79 Å². The lowest BCUT2D eigenvalue weighted by atomic mass is 10.1. The summed E-state index contributed by atoms with van der Waals surface area (Å²) in [5.74, 6) is 1.74. The van der Waals surface area contributed by atoms with Crippen LogP contribution in [0.4, 0.5) is 0 Å². The van der Waals surface area contributed by atoms with Crippen molar-refractivity contribution < 1.29 is 4.79 Å². The van der Waals surface area contributed by atoms with Gasteiger partial charge in [0.25, 0.3) is 0 Å². The van der Waals surface area contributed by atoms with Crippen molar-refractivity contribution in [3.8, 4) is 0 Å². The van der Waals surface area contributed by atoms with Gasteiger partial charge >= 0.3 is 0 Å². The molecule has 0 aromatic heterocycles. The zero-order valence-electron chi connectivity index (χ0n) is 11.6. The number of carbonyl (C=O) groups excluding carboxylic acids is 1. The van der Waals surface area contributed by atoms with Gasteiger partial charge in [-0.25, -0.2) is 0 Å². The fourth-order valence-electron chi connectivity index (χ4n) is 3.04. The Kier molecular flexibility index (Phi) is 3.76. The molecule has 1 saturated carbocycles. The molecule has 1 aliphatic heterocycles. The molecule has 0 bridgehead atoms. The summed E-state index contributed by atoms with van der Waals surface area (Å²) in [6, 6.07) is 0.595. The second-order valence-electron chi connectivity index (χ2n) is 5.99. The number of nitrogens with zero attached hydrogens (tertiary/aromatic N) is 1. The van der Waals surface area contributed by atoms with E-state index in [-0.39, 0.29) is 12.2 Å². The topological polar surface area (TPSA) is 32.3 Å². The highest BCUT2D eigenvalue weighted by molar-refractivity contribution is 5.85. The maximum absolute atomic E-state index is 12.3. The molecular weight excluding hydrogens is 212 g/mol. The molecule has 17 heavy (non-hydrogen) atoms. The van der Waals surface area contributed by atoms with E-state index in [0.717, 1.165) is 18.8 Å². The van der Waals surface area contributed by atoms with Gasteiger partial charge in [0.05, 0.1) is 12.2 Å². The van der Waals surface area contributed by atoms with Crippen LogP contribution in [-0.2, 0) is 4.79 Å². The van der Waals surface area contributed by atoms with E-state index in [1.54, 1.807) is 0 Å². The van der Waals surface area contributed by atoms with E-state index >= 15 is 0 Å². The third kappa shape index (κ3) is 2.49. The van der Waals surface area contributed by atoms with Gasteiger partial charge in [0.2, 0.25) is 5.91 Å². The first kappa shape index (κ1) is 12.9. The quantitative estimate of drug-likeness (QED) is 0.797. The molecule has 0 radical (unpaired) electrons. The minimum absolute atomic E-state index is 0.0665. The molecule has 0 aromatic carbocycles. The van der Waals surface area contributed by atoms with Crippen molar-refractivity contribution in [2.24, 2.45) is 11.8 Å². The molecule has 3 nitrogen and oxygen atoms in total. The first-order valence-electron chi connectivity index (χ1n) is 7.16. The van der Waals surface area contributed by atoms with Gasteiger partial charge in [-0.05, 0) is 31.1 Å². The van der Waals surface area contributed by atoms with Crippen LogP contribution < -0.4 is 5.32 Å². The number of amides is 1. The van der Waals surface area contributed by atoms with Crippen molar-refractivity contribution in [2.45, 2.75) is 71.6 Å². The van der Waals surface area contributed by atoms with Crippen LogP contribution in [0.1, 0.15) is 53.4 Å². The van der Waals surface area contributed by atoms with Crippen molar-refractivity contribution in [1.29, 1.82) is 0 Å². The van der Waals surface area contributed by atoms with E-state index in [0.29, 0.717) is 17.9 Å². The first-order chi connectivity index (χ1) is 8.08. The fraction of sp³-hybridized carbons (Fsp3) is 0.929. The predicted octanol–water partition coefficient (Wildman–Crippen LogP) is 2.37. The molecule has 3 heteroatoms. The van der Waals surface area contributed by atoms with E-state index < -0.39 is 0 Å². The molecule has 0 spiro atoms. The number of nitrogens with one attached hydrogen (secondary N) is 1. The molecular formula is C14H26N2O. The van der Waals surface area contributed by atoms with Gasteiger partial charge in [-0.3, -0.25) is 10.1 Å². The molecule has 4 unspecified atom stereocenters. The van der Waals surface area contributed by atoms with Gasteiger partial charge in [0.15, 0.2) is 0 Å². The molecule has 1 saturated heterocycles. The average Bonchev–Trinajstić information content (AvgIpc) is 2.98. The Bertz CT molecular complexity index is 290. The Labute approximate surface area is 105 Å². The molecule has 4 atom stereocenters. The van der Waals surface area contributed by atoms with E-state index in [4.69, 9.17) is 0 Å². The Balaban J connectivity index is 2.05. The first-order valence-corrected chi connectivity index (χ1v) is 7.16. The molecule has 1 N–H and O–H groups in total. The standard InChI is InChI=1S/C14H26N2O/c1-5-10-8-12(10)16-13(7-9(3)4)15-11(6-2)14(16)17/h9-13,15H,5-8H2,1-4H3. The largest absolute Gasteiger partial charge is 0.323 e. The number of hydrogen-bond donors (Lipinski definition) is 1. The van der Waals surface area contributed by atoms with Gasteiger partial charge in [-0.2, -0.15) is 0 Å². The molecule has 2 fully saturated rings. The van der Waals surface area contributed by atoms with Gasteiger partial charge in [-0.15, -0.1) is 0 Å². The summed E-state index contributed by atoms with van der Waals surface area (Å²) < 4.78 is 0. The SMILES string of the molecule is CCC1NC(CC(C)C)N(C2CC2CC)C1=O. The van der Waals surface area contributed by atoms with Crippen LogP contribution in [0.3, 0.4) is 0 Å². The second kappa shape index (κ2) is 4.97. The van der Waals surface area contributed by atoms with E-state index in [1.807, 2.05) is 0 Å². The van der Waals surface area contributed by atoms with Gasteiger partial charge in [0, 0.05) is 6.04 Å². The summed E-state index contributed by atoms with van der Waals surface area (Å²) in [7, 11) is 0. The van der Waals surface area contributed by atoms with Crippen molar-refractivity contribution >= 4 is 5.91 Å². The van der Waals surface area contributed by atoms with Gasteiger partial charge in [0.1, 0.15) is 0 Å². The van der Waals surface area contributed by atoms with Crippen LogP contribution in [0, 0.1) is 11.8 Å². The summed E-state index contributed by atoms with van der Waals surface area (Å²) in [5, 5.41) is 3.51. The summed E-state index contributed by atoms with van der Waals surface area (Å²) >= 11 is 0. The minimum atomic E-state index is 0.0665. The summed E-state index contributed by atoms with van der Waals surface area (Å²) in [5.41, 5.74) is 0.